The maximum Gasteiger partial charge on any atom is 0.185 e. The van der Waals surface area contributed by atoms with Crippen LogP contribution >= 0.6 is 11.6 Å². The summed E-state index contributed by atoms with van der Waals surface area (Å²) in [6, 6.07) is 2.98. The van der Waals surface area contributed by atoms with E-state index < -0.39 is 55.3 Å². The van der Waals surface area contributed by atoms with Crippen molar-refractivity contribution in [3.05, 3.63) is 34.6 Å². The Bertz CT molecular complexity index is 654. The van der Waals surface area contributed by atoms with Gasteiger partial charge in [-0.3, -0.25) is 4.90 Å². The molecule has 2 aliphatic heterocycles. The standard InChI is InChI=1S/C17H23ClFNO7/c18-10-3-8(19)1-2-9(10)17-26-7-14(24)16(27-17)13(23)5-20-4-12(22)15(25)11(20)6-21/h1-3,11-17,21-25H,4-7H2/t11-,12-,13-,14-,15-,16-,17?/m1/s1. The summed E-state index contributed by atoms with van der Waals surface area (Å²) in [6.07, 6.45) is -6.53. The first-order chi connectivity index (χ1) is 12.8. The molecule has 1 aromatic carbocycles. The minimum atomic E-state index is -1.20. The molecule has 2 heterocycles. The molecule has 5 N–H and O–H groups in total. The predicted octanol–water partition coefficient (Wildman–Crippen LogP) is -0.987. The molecular weight excluding hydrogens is 385 g/mol. The second-order valence-electron chi connectivity index (χ2n) is 6.83. The van der Waals surface area contributed by atoms with Gasteiger partial charge in [-0.15, -0.1) is 0 Å². The van der Waals surface area contributed by atoms with Crippen LogP contribution in [0.5, 0.6) is 0 Å². The van der Waals surface area contributed by atoms with Crippen LogP contribution in [0, 0.1) is 5.82 Å². The summed E-state index contributed by atoms with van der Waals surface area (Å²) in [5.41, 5.74) is 0.363. The van der Waals surface area contributed by atoms with E-state index in [4.69, 9.17) is 21.1 Å². The quantitative estimate of drug-likeness (QED) is 0.422. The molecule has 152 valence electrons. The number of hydrogen-bond acceptors (Lipinski definition) is 8. The van der Waals surface area contributed by atoms with Gasteiger partial charge in [0.25, 0.3) is 0 Å². The Morgan fingerprint density at radius 1 is 1.26 bits per heavy atom. The number of rotatable bonds is 5. The van der Waals surface area contributed by atoms with Gasteiger partial charge < -0.3 is 35.0 Å². The summed E-state index contributed by atoms with van der Waals surface area (Å²) in [6.45, 7) is -0.508. The van der Waals surface area contributed by atoms with E-state index in [9.17, 15) is 29.9 Å². The molecule has 0 aromatic heterocycles. The Morgan fingerprint density at radius 3 is 2.67 bits per heavy atom. The molecule has 1 aromatic rings. The predicted molar refractivity (Wildman–Crippen MR) is 91.5 cm³/mol. The molecule has 0 saturated carbocycles. The Kier molecular flexibility index (Phi) is 6.67. The lowest BCUT2D eigenvalue weighted by Crippen LogP contribution is -2.52. The number of ether oxygens (including phenoxy) is 2. The van der Waals surface area contributed by atoms with Gasteiger partial charge in [-0.1, -0.05) is 11.6 Å². The third kappa shape index (κ3) is 4.42. The fourth-order valence-electron chi connectivity index (χ4n) is 3.49. The van der Waals surface area contributed by atoms with E-state index in [-0.39, 0.29) is 24.7 Å². The van der Waals surface area contributed by atoms with E-state index in [0.717, 1.165) is 6.07 Å². The fourth-order valence-corrected chi connectivity index (χ4v) is 3.75. The molecule has 10 heteroatoms. The van der Waals surface area contributed by atoms with Crippen molar-refractivity contribution in [1.29, 1.82) is 0 Å². The van der Waals surface area contributed by atoms with Crippen molar-refractivity contribution in [3.8, 4) is 0 Å². The van der Waals surface area contributed by atoms with Crippen LogP contribution < -0.4 is 0 Å². The largest absolute Gasteiger partial charge is 0.395 e. The minimum Gasteiger partial charge on any atom is -0.395 e. The number of nitrogens with zero attached hydrogens (tertiary/aromatic N) is 1. The molecule has 7 atom stereocenters. The van der Waals surface area contributed by atoms with Crippen molar-refractivity contribution < 1.29 is 39.4 Å². The minimum absolute atomic E-state index is 0.0507. The second kappa shape index (κ2) is 8.64. The van der Waals surface area contributed by atoms with Crippen LogP contribution in [0.25, 0.3) is 0 Å². The normalized spacial score (nSPS) is 36.1. The average molecular weight is 408 g/mol. The molecule has 8 nitrogen and oxygen atoms in total. The van der Waals surface area contributed by atoms with Crippen molar-refractivity contribution in [2.24, 2.45) is 0 Å². The smallest absolute Gasteiger partial charge is 0.185 e. The van der Waals surface area contributed by atoms with Crippen LogP contribution in [0.1, 0.15) is 11.9 Å². The Balaban J connectivity index is 1.69. The second-order valence-corrected chi connectivity index (χ2v) is 7.24. The van der Waals surface area contributed by atoms with E-state index in [1.807, 2.05) is 0 Å². The van der Waals surface area contributed by atoms with Crippen LogP contribution in [-0.4, -0.2) is 93.3 Å². The molecule has 0 amide bonds. The molecule has 0 bridgehead atoms. The number of β-amino-alcohol motifs (C(OH)–C–C–N with tert-alkyl or cyclic N) is 2. The number of aliphatic hydroxyl groups is 5. The number of likely N-dealkylation sites (tertiary alicyclic amines) is 1. The molecule has 0 radical (unpaired) electrons. The summed E-state index contributed by atoms with van der Waals surface area (Å²) in [4.78, 5) is 1.53. The van der Waals surface area contributed by atoms with Crippen molar-refractivity contribution in [2.75, 3.05) is 26.3 Å². The molecule has 0 aliphatic carbocycles. The van der Waals surface area contributed by atoms with Crippen molar-refractivity contribution in [3.63, 3.8) is 0 Å². The highest BCUT2D eigenvalue weighted by molar-refractivity contribution is 6.31. The van der Waals surface area contributed by atoms with Gasteiger partial charge in [0.15, 0.2) is 6.29 Å². The third-order valence-electron chi connectivity index (χ3n) is 4.96. The van der Waals surface area contributed by atoms with Crippen LogP contribution in [0.3, 0.4) is 0 Å². The highest BCUT2D eigenvalue weighted by atomic mass is 35.5. The van der Waals surface area contributed by atoms with Crippen LogP contribution in [0.4, 0.5) is 4.39 Å². The maximum atomic E-state index is 13.2. The first-order valence-corrected chi connectivity index (χ1v) is 8.98. The summed E-state index contributed by atoms with van der Waals surface area (Å²) < 4.78 is 24.3. The first-order valence-electron chi connectivity index (χ1n) is 8.61. The molecule has 2 saturated heterocycles. The Morgan fingerprint density at radius 2 is 2.00 bits per heavy atom. The third-order valence-corrected chi connectivity index (χ3v) is 5.29. The lowest BCUT2D eigenvalue weighted by molar-refractivity contribution is -0.276. The SMILES string of the molecule is OC[C@@H]1[C@@H](O)[C@H](O)CN1C[C@@H](O)[C@H]1OC(c2ccc(F)cc2Cl)OC[C@H]1O. The van der Waals surface area contributed by atoms with Gasteiger partial charge in [0.2, 0.25) is 0 Å². The Hall–Kier alpha value is -0.880. The molecular formula is C17H23ClFNO7. The van der Waals surface area contributed by atoms with Gasteiger partial charge >= 0.3 is 0 Å². The number of benzene rings is 1. The number of halogens is 2. The van der Waals surface area contributed by atoms with Crippen molar-refractivity contribution >= 4 is 11.6 Å². The average Bonchev–Trinajstić information content (AvgIpc) is 2.88. The van der Waals surface area contributed by atoms with Crippen LogP contribution in [0.2, 0.25) is 5.02 Å². The fraction of sp³-hybridized carbons (Fsp3) is 0.647. The molecule has 3 rings (SSSR count). The number of hydrogen-bond donors (Lipinski definition) is 5. The van der Waals surface area contributed by atoms with Crippen LogP contribution in [-0.2, 0) is 9.47 Å². The zero-order chi connectivity index (χ0) is 19.7. The molecule has 27 heavy (non-hydrogen) atoms. The van der Waals surface area contributed by atoms with E-state index in [1.165, 1.54) is 17.0 Å². The van der Waals surface area contributed by atoms with Crippen molar-refractivity contribution in [1.82, 2.24) is 4.90 Å². The lowest BCUT2D eigenvalue weighted by atomic mass is 10.1. The zero-order valence-electron chi connectivity index (χ0n) is 14.4. The molecule has 2 fully saturated rings. The zero-order valence-corrected chi connectivity index (χ0v) is 15.1. The number of aliphatic hydroxyl groups excluding tert-OH is 5. The molecule has 1 unspecified atom stereocenters. The molecule has 0 spiro atoms. The van der Waals surface area contributed by atoms with Crippen LogP contribution in [0.15, 0.2) is 18.2 Å². The van der Waals surface area contributed by atoms with Gasteiger partial charge in [0.05, 0.1) is 42.6 Å². The summed E-state index contributed by atoms with van der Waals surface area (Å²) >= 11 is 6.02. The monoisotopic (exact) mass is 407 g/mol. The van der Waals surface area contributed by atoms with Crippen molar-refractivity contribution in [2.45, 2.75) is 42.9 Å². The van der Waals surface area contributed by atoms with Gasteiger partial charge in [0.1, 0.15) is 18.0 Å². The van der Waals surface area contributed by atoms with Gasteiger partial charge in [-0.25, -0.2) is 4.39 Å². The van der Waals surface area contributed by atoms with E-state index in [0.29, 0.717) is 5.56 Å². The maximum absolute atomic E-state index is 13.2. The van der Waals surface area contributed by atoms with E-state index in [2.05, 4.69) is 0 Å². The highest BCUT2D eigenvalue weighted by Crippen LogP contribution is 2.33. The van der Waals surface area contributed by atoms with Gasteiger partial charge in [-0.2, -0.15) is 0 Å². The summed E-state index contributed by atoms with van der Waals surface area (Å²) in [5, 5.41) is 49.8. The topological polar surface area (TPSA) is 123 Å². The van der Waals surface area contributed by atoms with E-state index in [1.54, 1.807) is 0 Å². The summed E-state index contributed by atoms with van der Waals surface area (Å²) in [5.74, 6) is -0.516. The van der Waals surface area contributed by atoms with Gasteiger partial charge in [-0.05, 0) is 18.2 Å². The van der Waals surface area contributed by atoms with Gasteiger partial charge in [0, 0.05) is 18.7 Å². The highest BCUT2D eigenvalue weighted by Gasteiger charge is 2.43. The van der Waals surface area contributed by atoms with E-state index >= 15 is 0 Å². The lowest BCUT2D eigenvalue weighted by Gasteiger charge is -2.38. The summed E-state index contributed by atoms with van der Waals surface area (Å²) in [7, 11) is 0. The first kappa shape index (κ1) is 20.8. The Labute approximate surface area is 160 Å². The molecule has 2 aliphatic rings.